The number of aromatic nitrogens is 1. The van der Waals surface area contributed by atoms with Crippen LogP contribution in [0.25, 0.3) is 0 Å². The van der Waals surface area contributed by atoms with Crippen LogP contribution in [0.4, 0.5) is 5.82 Å². The summed E-state index contributed by atoms with van der Waals surface area (Å²) < 4.78 is 10.3. The van der Waals surface area contributed by atoms with Crippen molar-refractivity contribution in [2.45, 2.75) is 12.6 Å². The number of ether oxygens (including phenoxy) is 2. The Balaban J connectivity index is 2.56. The minimum absolute atomic E-state index is 0.0233. The van der Waals surface area contributed by atoms with Crippen LogP contribution in [0.1, 0.15) is 5.56 Å². The van der Waals surface area contributed by atoms with E-state index in [1.807, 2.05) is 13.1 Å². The smallest absolute Gasteiger partial charge is 0.144 e. The maximum atomic E-state index is 6.14. The Morgan fingerprint density at radius 1 is 1.44 bits per heavy atom. The van der Waals surface area contributed by atoms with E-state index in [0.29, 0.717) is 24.0 Å². The first kappa shape index (κ1) is 15.2. The van der Waals surface area contributed by atoms with Crippen molar-refractivity contribution in [1.29, 1.82) is 0 Å². The molecule has 102 valence electrons. The number of nitrogens with zero attached hydrogens (tertiary/aromatic N) is 1. The van der Waals surface area contributed by atoms with Crippen molar-refractivity contribution in [2.24, 2.45) is 0 Å². The van der Waals surface area contributed by atoms with Crippen molar-refractivity contribution in [3.05, 3.63) is 22.8 Å². The van der Waals surface area contributed by atoms with E-state index in [1.165, 1.54) is 0 Å². The average Bonchev–Trinajstić information content (AvgIpc) is 2.36. The van der Waals surface area contributed by atoms with Gasteiger partial charge in [-0.15, -0.1) is 0 Å². The molecule has 0 amide bonds. The molecule has 1 rings (SSSR count). The molecule has 0 saturated heterocycles. The second-order valence-electron chi connectivity index (χ2n) is 3.90. The molecule has 0 aliphatic heterocycles. The van der Waals surface area contributed by atoms with E-state index in [4.69, 9.17) is 21.1 Å². The summed E-state index contributed by atoms with van der Waals surface area (Å²) in [6.07, 6.45) is 1.77. The second-order valence-corrected chi connectivity index (χ2v) is 4.31. The summed E-state index contributed by atoms with van der Waals surface area (Å²) in [7, 11) is 5.17. The van der Waals surface area contributed by atoms with Gasteiger partial charge in [-0.3, -0.25) is 0 Å². The third-order valence-electron chi connectivity index (χ3n) is 2.46. The van der Waals surface area contributed by atoms with Gasteiger partial charge in [-0.05, 0) is 18.7 Å². The summed E-state index contributed by atoms with van der Waals surface area (Å²) in [6, 6.07) is 1.89. The molecule has 1 aromatic rings. The van der Waals surface area contributed by atoms with Crippen molar-refractivity contribution in [3.63, 3.8) is 0 Å². The molecule has 1 aromatic heterocycles. The molecule has 0 radical (unpaired) electrons. The van der Waals surface area contributed by atoms with Crippen LogP contribution >= 0.6 is 11.6 Å². The first-order chi connectivity index (χ1) is 8.71. The van der Waals surface area contributed by atoms with Crippen molar-refractivity contribution in [1.82, 2.24) is 10.3 Å². The number of halogens is 1. The first-order valence-corrected chi connectivity index (χ1v) is 6.13. The third-order valence-corrected chi connectivity index (χ3v) is 2.75. The number of hydrogen-bond acceptors (Lipinski definition) is 5. The molecule has 5 nitrogen and oxygen atoms in total. The molecule has 1 unspecified atom stereocenters. The maximum Gasteiger partial charge on any atom is 0.144 e. The molecule has 0 aliphatic rings. The molecule has 0 fully saturated rings. The molecule has 6 heteroatoms. The van der Waals surface area contributed by atoms with Crippen molar-refractivity contribution >= 4 is 17.4 Å². The van der Waals surface area contributed by atoms with Gasteiger partial charge in [0.15, 0.2) is 0 Å². The Kier molecular flexibility index (Phi) is 6.97. The molecular weight excluding hydrogens is 254 g/mol. The van der Waals surface area contributed by atoms with Gasteiger partial charge in [0.2, 0.25) is 0 Å². The van der Waals surface area contributed by atoms with Crippen LogP contribution in [0, 0.1) is 0 Å². The Labute approximate surface area is 113 Å². The highest BCUT2D eigenvalue weighted by Crippen LogP contribution is 2.20. The summed E-state index contributed by atoms with van der Waals surface area (Å²) in [5, 5.41) is 6.81. The van der Waals surface area contributed by atoms with E-state index in [-0.39, 0.29) is 6.10 Å². The molecule has 0 aliphatic carbocycles. The van der Waals surface area contributed by atoms with Crippen molar-refractivity contribution < 1.29 is 9.47 Å². The van der Waals surface area contributed by atoms with Crippen LogP contribution in [-0.2, 0) is 16.0 Å². The summed E-state index contributed by atoms with van der Waals surface area (Å²) in [5.74, 6) is 0.662. The predicted molar refractivity (Wildman–Crippen MR) is 73.2 cm³/mol. The molecular formula is C12H20ClN3O2. The molecule has 0 bridgehead atoms. The number of nitrogens with one attached hydrogen (secondary N) is 2. The number of pyridine rings is 1. The summed E-state index contributed by atoms with van der Waals surface area (Å²) >= 11 is 6.14. The van der Waals surface area contributed by atoms with E-state index >= 15 is 0 Å². The largest absolute Gasteiger partial charge is 0.382 e. The fraction of sp³-hybridized carbons (Fsp3) is 0.583. The van der Waals surface area contributed by atoms with Gasteiger partial charge in [0.25, 0.3) is 0 Å². The zero-order chi connectivity index (χ0) is 13.4. The van der Waals surface area contributed by atoms with E-state index in [2.05, 4.69) is 15.6 Å². The molecule has 1 atom stereocenters. The summed E-state index contributed by atoms with van der Waals surface area (Å²) in [4.78, 5) is 4.28. The van der Waals surface area contributed by atoms with Crippen molar-refractivity contribution in [3.8, 4) is 0 Å². The summed E-state index contributed by atoms with van der Waals surface area (Å²) in [6.45, 7) is 1.87. The van der Waals surface area contributed by atoms with E-state index in [1.54, 1.807) is 20.4 Å². The Bertz CT molecular complexity index is 363. The van der Waals surface area contributed by atoms with E-state index < -0.39 is 0 Å². The molecule has 1 heterocycles. The third kappa shape index (κ3) is 4.78. The van der Waals surface area contributed by atoms with Crippen LogP contribution in [0.5, 0.6) is 0 Å². The van der Waals surface area contributed by atoms with Gasteiger partial charge in [-0.2, -0.15) is 0 Å². The second kappa shape index (κ2) is 8.26. The zero-order valence-corrected chi connectivity index (χ0v) is 11.8. The number of hydrogen-bond donors (Lipinski definition) is 2. The normalized spacial score (nSPS) is 12.4. The van der Waals surface area contributed by atoms with Crippen LogP contribution in [0.2, 0.25) is 5.02 Å². The minimum atomic E-state index is -0.0233. The zero-order valence-electron chi connectivity index (χ0n) is 11.0. The molecule has 0 spiro atoms. The minimum Gasteiger partial charge on any atom is -0.382 e. The first-order valence-electron chi connectivity index (χ1n) is 5.75. The lowest BCUT2D eigenvalue weighted by molar-refractivity contribution is 0.0365. The highest BCUT2D eigenvalue weighted by Gasteiger charge is 2.09. The quantitative estimate of drug-likeness (QED) is 0.752. The molecule has 18 heavy (non-hydrogen) atoms. The molecule has 2 N–H and O–H groups in total. The lowest BCUT2D eigenvalue weighted by atomic mass is 10.3. The van der Waals surface area contributed by atoms with E-state index in [0.717, 1.165) is 12.1 Å². The Hall–Kier alpha value is -0.880. The SMILES string of the molecule is CNCc1cnc(NCC(COC)OC)c(Cl)c1. The monoisotopic (exact) mass is 273 g/mol. The number of anilines is 1. The highest BCUT2D eigenvalue weighted by atomic mass is 35.5. The van der Waals surface area contributed by atoms with Crippen LogP contribution in [0.3, 0.4) is 0 Å². The summed E-state index contributed by atoms with van der Waals surface area (Å²) in [5.41, 5.74) is 1.05. The average molecular weight is 274 g/mol. The number of methoxy groups -OCH3 is 2. The lowest BCUT2D eigenvalue weighted by Crippen LogP contribution is -2.27. The van der Waals surface area contributed by atoms with Gasteiger partial charge in [0.05, 0.1) is 17.7 Å². The van der Waals surface area contributed by atoms with E-state index in [9.17, 15) is 0 Å². The number of rotatable bonds is 8. The van der Waals surface area contributed by atoms with Crippen LogP contribution < -0.4 is 10.6 Å². The molecule has 0 aromatic carbocycles. The van der Waals surface area contributed by atoms with Gasteiger partial charge < -0.3 is 20.1 Å². The van der Waals surface area contributed by atoms with Gasteiger partial charge >= 0.3 is 0 Å². The highest BCUT2D eigenvalue weighted by molar-refractivity contribution is 6.32. The van der Waals surface area contributed by atoms with Gasteiger partial charge in [-0.1, -0.05) is 11.6 Å². The molecule has 0 saturated carbocycles. The van der Waals surface area contributed by atoms with Gasteiger partial charge in [-0.25, -0.2) is 4.98 Å². The fourth-order valence-electron chi connectivity index (χ4n) is 1.52. The van der Waals surface area contributed by atoms with Gasteiger partial charge in [0.1, 0.15) is 5.82 Å². The van der Waals surface area contributed by atoms with Crippen LogP contribution in [-0.4, -0.2) is 45.5 Å². The van der Waals surface area contributed by atoms with Crippen molar-refractivity contribution in [2.75, 3.05) is 39.7 Å². The Morgan fingerprint density at radius 3 is 2.78 bits per heavy atom. The van der Waals surface area contributed by atoms with Crippen LogP contribution in [0.15, 0.2) is 12.3 Å². The lowest BCUT2D eigenvalue weighted by Gasteiger charge is -2.16. The standard InChI is InChI=1S/C12H20ClN3O2/c1-14-5-9-4-11(13)12(15-6-9)16-7-10(18-3)8-17-2/h4,6,10,14H,5,7-8H2,1-3H3,(H,15,16). The Morgan fingerprint density at radius 2 is 2.22 bits per heavy atom. The fourth-order valence-corrected chi connectivity index (χ4v) is 1.77. The maximum absolute atomic E-state index is 6.14. The van der Waals surface area contributed by atoms with Gasteiger partial charge in [0, 0.05) is 33.5 Å². The topological polar surface area (TPSA) is 55.4 Å². The predicted octanol–water partition coefficient (Wildman–Crippen LogP) is 1.53.